The first-order chi connectivity index (χ1) is 12.9. The van der Waals surface area contributed by atoms with Gasteiger partial charge < -0.3 is 10.1 Å². The monoisotopic (exact) mass is 385 g/mol. The van der Waals surface area contributed by atoms with Gasteiger partial charge in [0.1, 0.15) is 0 Å². The van der Waals surface area contributed by atoms with E-state index in [9.17, 15) is 9.59 Å². The summed E-state index contributed by atoms with van der Waals surface area (Å²) < 4.78 is 5.19. The molecule has 0 aliphatic rings. The summed E-state index contributed by atoms with van der Waals surface area (Å²) in [6, 6.07) is 7.59. The number of hydrogen-bond acceptors (Lipinski definition) is 7. The van der Waals surface area contributed by atoms with Gasteiger partial charge in [0.25, 0.3) is 5.91 Å². The molecule has 0 spiro atoms. The highest BCUT2D eigenvalue weighted by Gasteiger charge is 2.20. The highest BCUT2D eigenvalue weighted by Crippen LogP contribution is 2.20. The molecule has 3 aromatic rings. The molecule has 0 bridgehead atoms. The van der Waals surface area contributed by atoms with Gasteiger partial charge in [-0.2, -0.15) is 16.1 Å². The van der Waals surface area contributed by atoms with Crippen LogP contribution < -0.4 is 5.32 Å². The third kappa shape index (κ3) is 4.56. The first-order valence-electron chi connectivity index (χ1n) is 8.31. The fourth-order valence-electron chi connectivity index (χ4n) is 2.46. The molecule has 0 aliphatic carbocycles. The Labute approximate surface area is 160 Å². The number of aromatic nitrogens is 4. The zero-order chi connectivity index (χ0) is 19.4. The molecule has 3 rings (SSSR count). The van der Waals surface area contributed by atoms with Crippen molar-refractivity contribution in [1.82, 2.24) is 20.2 Å². The summed E-state index contributed by atoms with van der Waals surface area (Å²) in [5.74, 6) is -0.579. The number of esters is 1. The van der Waals surface area contributed by atoms with Crippen molar-refractivity contribution in [3.63, 3.8) is 0 Å². The number of tetrazole rings is 1. The van der Waals surface area contributed by atoms with E-state index in [0.717, 1.165) is 27.2 Å². The Hall–Kier alpha value is -3.07. The largest absolute Gasteiger partial charge is 0.451 e. The van der Waals surface area contributed by atoms with Gasteiger partial charge in [0, 0.05) is 16.6 Å². The average molecular weight is 385 g/mol. The van der Waals surface area contributed by atoms with E-state index in [4.69, 9.17) is 4.74 Å². The molecular formula is C18H19N5O3S. The second kappa shape index (κ2) is 8.09. The lowest BCUT2D eigenvalue weighted by atomic mass is 10.1. The van der Waals surface area contributed by atoms with E-state index >= 15 is 0 Å². The predicted molar refractivity (Wildman–Crippen MR) is 101 cm³/mol. The molecule has 0 saturated heterocycles. The van der Waals surface area contributed by atoms with Crippen LogP contribution >= 0.6 is 11.3 Å². The molecule has 27 heavy (non-hydrogen) atoms. The quantitative estimate of drug-likeness (QED) is 0.655. The van der Waals surface area contributed by atoms with E-state index in [-0.39, 0.29) is 6.54 Å². The standard InChI is InChI=1S/C18H19N5O3S/c1-11-5-4-6-12(2)16(11)19-18(25)13(3)26-15(24)9-23-21-17(20-22-23)14-7-8-27-10-14/h4-8,10,13H,9H2,1-3H3,(H,19,25)/t13-/m0/s1. The Kier molecular flexibility index (Phi) is 5.60. The number of benzene rings is 1. The molecule has 1 atom stereocenters. The van der Waals surface area contributed by atoms with Crippen LogP contribution in [0.5, 0.6) is 0 Å². The topological polar surface area (TPSA) is 99.0 Å². The van der Waals surface area contributed by atoms with Crippen LogP contribution in [0.15, 0.2) is 35.0 Å². The molecule has 0 fully saturated rings. The van der Waals surface area contributed by atoms with Crippen molar-refractivity contribution in [2.24, 2.45) is 0 Å². The fourth-order valence-corrected chi connectivity index (χ4v) is 3.09. The summed E-state index contributed by atoms with van der Waals surface area (Å²) in [4.78, 5) is 25.6. The Bertz CT molecular complexity index is 932. The van der Waals surface area contributed by atoms with Gasteiger partial charge in [-0.25, -0.2) is 4.79 Å². The molecule has 1 N–H and O–H groups in total. The number of nitrogens with one attached hydrogen (secondary N) is 1. The third-order valence-corrected chi connectivity index (χ3v) is 4.59. The van der Waals surface area contributed by atoms with Crippen molar-refractivity contribution in [3.8, 4) is 11.4 Å². The number of carbonyl (C=O) groups is 2. The first-order valence-corrected chi connectivity index (χ1v) is 9.25. The molecule has 1 amide bonds. The zero-order valence-corrected chi connectivity index (χ0v) is 16.0. The number of amides is 1. The van der Waals surface area contributed by atoms with E-state index in [2.05, 4.69) is 20.7 Å². The number of thiophene rings is 1. The molecule has 0 radical (unpaired) electrons. The summed E-state index contributed by atoms with van der Waals surface area (Å²) in [6.07, 6.45) is -0.948. The second-order valence-electron chi connectivity index (χ2n) is 6.04. The van der Waals surface area contributed by atoms with E-state index in [0.29, 0.717) is 5.82 Å². The number of hydrogen-bond donors (Lipinski definition) is 1. The van der Waals surface area contributed by atoms with Crippen LogP contribution in [-0.2, 0) is 20.9 Å². The van der Waals surface area contributed by atoms with E-state index < -0.39 is 18.0 Å². The van der Waals surface area contributed by atoms with Crippen molar-refractivity contribution in [2.45, 2.75) is 33.4 Å². The van der Waals surface area contributed by atoms with Crippen LogP contribution in [0.2, 0.25) is 0 Å². The molecule has 8 nitrogen and oxygen atoms in total. The maximum atomic E-state index is 12.3. The summed E-state index contributed by atoms with van der Waals surface area (Å²) in [5.41, 5.74) is 3.44. The van der Waals surface area contributed by atoms with E-state index in [1.165, 1.54) is 18.3 Å². The summed E-state index contributed by atoms with van der Waals surface area (Å²) >= 11 is 1.52. The van der Waals surface area contributed by atoms with Gasteiger partial charge in [-0.15, -0.1) is 10.2 Å². The van der Waals surface area contributed by atoms with Gasteiger partial charge in [0.15, 0.2) is 12.6 Å². The molecule has 0 aliphatic heterocycles. The maximum absolute atomic E-state index is 12.3. The predicted octanol–water partition coefficient (Wildman–Crippen LogP) is 2.59. The lowest BCUT2D eigenvalue weighted by Gasteiger charge is -2.16. The van der Waals surface area contributed by atoms with E-state index in [1.807, 2.05) is 48.9 Å². The number of para-hydroxylation sites is 1. The van der Waals surface area contributed by atoms with Crippen LogP contribution in [0.25, 0.3) is 11.4 Å². The van der Waals surface area contributed by atoms with Gasteiger partial charge in [0.2, 0.25) is 5.82 Å². The minimum atomic E-state index is -0.948. The summed E-state index contributed by atoms with van der Waals surface area (Å²) in [6.45, 7) is 5.10. The smallest absolute Gasteiger partial charge is 0.330 e. The third-order valence-electron chi connectivity index (χ3n) is 3.91. The van der Waals surface area contributed by atoms with Gasteiger partial charge >= 0.3 is 5.97 Å². The molecule has 140 valence electrons. The van der Waals surface area contributed by atoms with Gasteiger partial charge in [-0.05, 0) is 48.6 Å². The van der Waals surface area contributed by atoms with Crippen molar-refractivity contribution in [1.29, 1.82) is 0 Å². The van der Waals surface area contributed by atoms with Crippen LogP contribution in [0.1, 0.15) is 18.1 Å². The van der Waals surface area contributed by atoms with Crippen molar-refractivity contribution < 1.29 is 14.3 Å². The lowest BCUT2D eigenvalue weighted by Crippen LogP contribution is -2.32. The Morgan fingerprint density at radius 3 is 2.67 bits per heavy atom. The molecular weight excluding hydrogens is 366 g/mol. The highest BCUT2D eigenvalue weighted by atomic mass is 32.1. The number of rotatable bonds is 6. The average Bonchev–Trinajstić information content (AvgIpc) is 3.29. The number of nitrogens with zero attached hydrogens (tertiary/aromatic N) is 4. The Morgan fingerprint density at radius 2 is 2.00 bits per heavy atom. The molecule has 2 heterocycles. The molecule has 1 aromatic carbocycles. The first kappa shape index (κ1) is 18.7. The second-order valence-corrected chi connectivity index (χ2v) is 6.82. The minimum Gasteiger partial charge on any atom is -0.451 e. The van der Waals surface area contributed by atoms with Crippen molar-refractivity contribution >= 4 is 28.9 Å². The summed E-state index contributed by atoms with van der Waals surface area (Å²) in [7, 11) is 0. The number of aryl methyl sites for hydroxylation is 2. The van der Waals surface area contributed by atoms with Crippen LogP contribution in [-0.4, -0.2) is 38.2 Å². The number of ether oxygens (including phenoxy) is 1. The number of anilines is 1. The van der Waals surface area contributed by atoms with Crippen molar-refractivity contribution in [2.75, 3.05) is 5.32 Å². The SMILES string of the molecule is Cc1cccc(C)c1NC(=O)[C@H](C)OC(=O)Cn1nnc(-c2ccsc2)n1. The normalized spacial score (nSPS) is 11.8. The minimum absolute atomic E-state index is 0.224. The van der Waals surface area contributed by atoms with Gasteiger partial charge in [-0.1, -0.05) is 18.2 Å². The molecule has 9 heteroatoms. The van der Waals surface area contributed by atoms with Gasteiger partial charge in [-0.3, -0.25) is 4.79 Å². The number of carbonyl (C=O) groups excluding carboxylic acids is 2. The Morgan fingerprint density at radius 1 is 1.26 bits per heavy atom. The van der Waals surface area contributed by atoms with E-state index in [1.54, 1.807) is 0 Å². The zero-order valence-electron chi connectivity index (χ0n) is 15.2. The van der Waals surface area contributed by atoms with Crippen LogP contribution in [0, 0.1) is 13.8 Å². The lowest BCUT2D eigenvalue weighted by molar-refractivity contribution is -0.154. The van der Waals surface area contributed by atoms with Crippen LogP contribution in [0.3, 0.4) is 0 Å². The molecule has 2 aromatic heterocycles. The maximum Gasteiger partial charge on any atom is 0.330 e. The van der Waals surface area contributed by atoms with Crippen LogP contribution in [0.4, 0.5) is 5.69 Å². The molecule has 0 saturated carbocycles. The molecule has 0 unspecified atom stereocenters. The Balaban J connectivity index is 1.56. The summed E-state index contributed by atoms with van der Waals surface area (Å²) in [5, 5.41) is 18.5. The van der Waals surface area contributed by atoms with Gasteiger partial charge in [0.05, 0.1) is 0 Å². The highest BCUT2D eigenvalue weighted by molar-refractivity contribution is 7.08. The fraction of sp³-hybridized carbons (Fsp3) is 0.278. The van der Waals surface area contributed by atoms with Crippen molar-refractivity contribution in [3.05, 3.63) is 46.2 Å².